The highest BCUT2D eigenvalue weighted by Gasteiger charge is 2.19. The molecule has 2 rings (SSSR count). The second-order valence-corrected chi connectivity index (χ2v) is 4.75. The van der Waals surface area contributed by atoms with Crippen LogP contribution in [0.1, 0.15) is 12.5 Å². The van der Waals surface area contributed by atoms with Crippen LogP contribution in [0.25, 0.3) is 0 Å². The predicted octanol–water partition coefficient (Wildman–Crippen LogP) is 3.11. The second-order valence-electron chi connectivity index (χ2n) is 4.75. The Morgan fingerprint density at radius 1 is 1.05 bits per heavy atom. The minimum absolute atomic E-state index is 0.0299. The average Bonchev–Trinajstić information content (AvgIpc) is 2.48. The van der Waals surface area contributed by atoms with Gasteiger partial charge in [0.1, 0.15) is 5.75 Å². The van der Waals surface area contributed by atoms with Crippen molar-refractivity contribution >= 4 is 5.91 Å². The van der Waals surface area contributed by atoms with Gasteiger partial charge in [0.25, 0.3) is 5.91 Å². The molecule has 1 amide bonds. The SMILES string of the molecule is C[C@@H](Oc1ccccc1)C(=O)N(C)Cc1ccccc1. The summed E-state index contributed by atoms with van der Waals surface area (Å²) in [6, 6.07) is 19.3. The molecule has 104 valence electrons. The quantitative estimate of drug-likeness (QED) is 0.834. The molecule has 0 fully saturated rings. The third-order valence-corrected chi connectivity index (χ3v) is 3.04. The average molecular weight is 269 g/mol. The monoisotopic (exact) mass is 269 g/mol. The molecule has 0 heterocycles. The maximum Gasteiger partial charge on any atom is 0.263 e. The Kier molecular flexibility index (Phi) is 4.77. The number of amides is 1. The Hall–Kier alpha value is -2.29. The zero-order chi connectivity index (χ0) is 14.4. The number of para-hydroxylation sites is 1. The van der Waals surface area contributed by atoms with E-state index < -0.39 is 6.10 Å². The smallest absolute Gasteiger partial charge is 0.263 e. The maximum absolute atomic E-state index is 12.3. The molecule has 0 aliphatic heterocycles. The number of rotatable bonds is 5. The van der Waals surface area contributed by atoms with Crippen molar-refractivity contribution in [1.82, 2.24) is 4.90 Å². The van der Waals surface area contributed by atoms with Crippen molar-refractivity contribution in [2.45, 2.75) is 19.6 Å². The molecule has 0 N–H and O–H groups in total. The molecule has 0 saturated heterocycles. The summed E-state index contributed by atoms with van der Waals surface area (Å²) in [5.74, 6) is 0.680. The van der Waals surface area contributed by atoms with Crippen LogP contribution in [0.3, 0.4) is 0 Å². The van der Waals surface area contributed by atoms with Crippen LogP contribution in [0.5, 0.6) is 5.75 Å². The van der Waals surface area contributed by atoms with Crippen LogP contribution in [0.15, 0.2) is 60.7 Å². The van der Waals surface area contributed by atoms with E-state index in [0.717, 1.165) is 5.56 Å². The van der Waals surface area contributed by atoms with Crippen molar-refractivity contribution in [3.8, 4) is 5.75 Å². The molecule has 2 aromatic carbocycles. The summed E-state index contributed by atoms with van der Waals surface area (Å²) in [7, 11) is 1.79. The summed E-state index contributed by atoms with van der Waals surface area (Å²) in [5, 5.41) is 0. The number of hydrogen-bond acceptors (Lipinski definition) is 2. The van der Waals surface area contributed by atoms with E-state index in [2.05, 4.69) is 0 Å². The fourth-order valence-corrected chi connectivity index (χ4v) is 2.00. The third-order valence-electron chi connectivity index (χ3n) is 3.04. The molecule has 0 unspecified atom stereocenters. The number of nitrogens with zero attached hydrogens (tertiary/aromatic N) is 1. The Balaban J connectivity index is 1.93. The molecule has 0 aromatic heterocycles. The van der Waals surface area contributed by atoms with Crippen LogP contribution < -0.4 is 4.74 Å². The van der Waals surface area contributed by atoms with E-state index in [0.29, 0.717) is 12.3 Å². The van der Waals surface area contributed by atoms with Gasteiger partial charge in [-0.25, -0.2) is 0 Å². The highest BCUT2D eigenvalue weighted by atomic mass is 16.5. The summed E-state index contributed by atoms with van der Waals surface area (Å²) < 4.78 is 5.64. The van der Waals surface area contributed by atoms with E-state index in [1.807, 2.05) is 60.7 Å². The van der Waals surface area contributed by atoms with Gasteiger partial charge in [0.15, 0.2) is 6.10 Å². The largest absolute Gasteiger partial charge is 0.481 e. The van der Waals surface area contributed by atoms with E-state index in [-0.39, 0.29) is 5.91 Å². The van der Waals surface area contributed by atoms with Crippen LogP contribution in [-0.4, -0.2) is 24.0 Å². The normalized spacial score (nSPS) is 11.7. The molecule has 3 heteroatoms. The Morgan fingerprint density at radius 2 is 1.60 bits per heavy atom. The van der Waals surface area contributed by atoms with Gasteiger partial charge in [-0.1, -0.05) is 48.5 Å². The molecule has 2 aromatic rings. The molecule has 0 radical (unpaired) electrons. The topological polar surface area (TPSA) is 29.5 Å². The van der Waals surface area contributed by atoms with E-state index in [9.17, 15) is 4.79 Å². The lowest BCUT2D eigenvalue weighted by molar-refractivity contribution is -0.137. The molecule has 20 heavy (non-hydrogen) atoms. The van der Waals surface area contributed by atoms with Crippen molar-refractivity contribution in [1.29, 1.82) is 0 Å². The predicted molar refractivity (Wildman–Crippen MR) is 79.4 cm³/mol. The fraction of sp³-hybridized carbons (Fsp3) is 0.235. The summed E-state index contributed by atoms with van der Waals surface area (Å²) in [5.41, 5.74) is 1.11. The number of likely N-dealkylation sites (N-methyl/N-ethyl adjacent to an activating group) is 1. The zero-order valence-electron chi connectivity index (χ0n) is 11.8. The molecule has 3 nitrogen and oxygen atoms in total. The Bertz CT molecular complexity index is 490. The van der Waals surface area contributed by atoms with E-state index in [1.54, 1.807) is 18.9 Å². The van der Waals surface area contributed by atoms with Crippen molar-refractivity contribution in [3.63, 3.8) is 0 Å². The van der Waals surface area contributed by atoms with Gasteiger partial charge in [0.2, 0.25) is 0 Å². The lowest BCUT2D eigenvalue weighted by Crippen LogP contribution is -2.37. The molecule has 1 atom stereocenters. The number of hydrogen-bond donors (Lipinski definition) is 0. The van der Waals surface area contributed by atoms with Crippen molar-refractivity contribution in [2.24, 2.45) is 0 Å². The molecular weight excluding hydrogens is 250 g/mol. The van der Waals surface area contributed by atoms with Crippen LogP contribution in [-0.2, 0) is 11.3 Å². The first kappa shape index (κ1) is 14.1. The van der Waals surface area contributed by atoms with Crippen LogP contribution >= 0.6 is 0 Å². The van der Waals surface area contributed by atoms with E-state index >= 15 is 0 Å². The summed E-state index contributed by atoms with van der Waals surface area (Å²) in [6.07, 6.45) is -0.494. The third kappa shape index (κ3) is 3.85. The maximum atomic E-state index is 12.3. The molecule has 0 saturated carbocycles. The van der Waals surface area contributed by atoms with Crippen molar-refractivity contribution in [3.05, 3.63) is 66.2 Å². The summed E-state index contributed by atoms with van der Waals surface area (Å²) in [6.45, 7) is 2.36. The number of carbonyl (C=O) groups is 1. The van der Waals surface area contributed by atoms with Gasteiger partial charge in [0.05, 0.1) is 0 Å². The van der Waals surface area contributed by atoms with Crippen LogP contribution in [0.4, 0.5) is 0 Å². The lowest BCUT2D eigenvalue weighted by atomic mass is 10.2. The minimum atomic E-state index is -0.494. The van der Waals surface area contributed by atoms with Gasteiger partial charge in [-0.3, -0.25) is 4.79 Å². The number of benzene rings is 2. The van der Waals surface area contributed by atoms with Gasteiger partial charge in [-0.2, -0.15) is 0 Å². The lowest BCUT2D eigenvalue weighted by Gasteiger charge is -2.22. The van der Waals surface area contributed by atoms with Crippen molar-refractivity contribution < 1.29 is 9.53 Å². The summed E-state index contributed by atoms with van der Waals surface area (Å²) in [4.78, 5) is 13.9. The van der Waals surface area contributed by atoms with Gasteiger partial charge in [0, 0.05) is 13.6 Å². The number of carbonyl (C=O) groups excluding carboxylic acids is 1. The summed E-state index contributed by atoms with van der Waals surface area (Å²) >= 11 is 0. The first-order valence-corrected chi connectivity index (χ1v) is 6.67. The molecule has 0 aliphatic rings. The molecular formula is C17H19NO2. The Labute approximate surface area is 119 Å². The van der Waals surface area contributed by atoms with Gasteiger partial charge in [-0.05, 0) is 24.6 Å². The first-order valence-electron chi connectivity index (χ1n) is 6.67. The molecule has 0 spiro atoms. The van der Waals surface area contributed by atoms with Crippen molar-refractivity contribution in [2.75, 3.05) is 7.05 Å². The van der Waals surface area contributed by atoms with Gasteiger partial charge in [-0.15, -0.1) is 0 Å². The standard InChI is InChI=1S/C17H19NO2/c1-14(20-16-11-7-4-8-12-16)17(19)18(2)13-15-9-5-3-6-10-15/h3-12,14H,13H2,1-2H3/t14-/m1/s1. The molecule has 0 bridgehead atoms. The highest BCUT2D eigenvalue weighted by Crippen LogP contribution is 2.12. The fourth-order valence-electron chi connectivity index (χ4n) is 2.00. The number of ether oxygens (including phenoxy) is 1. The van der Waals surface area contributed by atoms with Gasteiger partial charge < -0.3 is 9.64 Å². The van der Waals surface area contributed by atoms with Crippen LogP contribution in [0, 0.1) is 0 Å². The Morgan fingerprint density at radius 3 is 2.20 bits per heavy atom. The zero-order valence-corrected chi connectivity index (χ0v) is 11.8. The highest BCUT2D eigenvalue weighted by molar-refractivity contribution is 5.80. The van der Waals surface area contributed by atoms with E-state index in [4.69, 9.17) is 4.74 Å². The second kappa shape index (κ2) is 6.75. The first-order chi connectivity index (χ1) is 9.66. The molecule has 0 aliphatic carbocycles. The van der Waals surface area contributed by atoms with E-state index in [1.165, 1.54) is 0 Å². The van der Waals surface area contributed by atoms with Crippen LogP contribution in [0.2, 0.25) is 0 Å². The minimum Gasteiger partial charge on any atom is -0.481 e. The van der Waals surface area contributed by atoms with Gasteiger partial charge >= 0.3 is 0 Å².